The van der Waals surface area contributed by atoms with Crippen LogP contribution in [0.3, 0.4) is 0 Å². The molecule has 4 heteroatoms. The van der Waals surface area contributed by atoms with Crippen molar-refractivity contribution < 1.29 is 9.57 Å². The third kappa shape index (κ3) is 2.17. The third-order valence-electron chi connectivity index (χ3n) is 1.94. The van der Waals surface area contributed by atoms with E-state index in [1.165, 1.54) is 0 Å². The van der Waals surface area contributed by atoms with E-state index in [1.807, 2.05) is 19.9 Å². The van der Waals surface area contributed by atoms with E-state index in [-0.39, 0.29) is 0 Å². The predicted molar refractivity (Wildman–Crippen MR) is 49.1 cm³/mol. The normalized spacial score (nSPS) is 11.4. The molecule has 0 radical (unpaired) electrons. The second-order valence-electron chi connectivity index (χ2n) is 3.22. The maximum Gasteiger partial charge on any atom is 0.212 e. The molecule has 1 aromatic rings. The van der Waals surface area contributed by atoms with Crippen molar-refractivity contribution in [1.82, 2.24) is 4.98 Å². The van der Waals surface area contributed by atoms with Crippen LogP contribution in [0.1, 0.15) is 19.4 Å². The van der Waals surface area contributed by atoms with Crippen LogP contribution in [0.4, 0.5) is 0 Å². The lowest BCUT2D eigenvalue weighted by Gasteiger charge is -2.21. The topological polar surface area (TPSA) is 57.4 Å². The number of nitrogens with zero attached hydrogens (tertiary/aromatic N) is 1. The molecule has 0 saturated carbocycles. The molecular formula is C9H14N2O2. The molecule has 0 unspecified atom stereocenters. The van der Waals surface area contributed by atoms with Gasteiger partial charge in [0.05, 0.1) is 7.11 Å². The zero-order valence-corrected chi connectivity index (χ0v) is 8.07. The number of nitrogens with two attached hydrogens (primary N) is 1. The van der Waals surface area contributed by atoms with Crippen molar-refractivity contribution in [3.63, 3.8) is 0 Å². The molecule has 0 aromatic carbocycles. The zero-order valence-electron chi connectivity index (χ0n) is 8.07. The first kappa shape index (κ1) is 9.95. The van der Waals surface area contributed by atoms with Crippen molar-refractivity contribution in [2.75, 3.05) is 7.11 Å². The van der Waals surface area contributed by atoms with Crippen molar-refractivity contribution in [1.29, 1.82) is 0 Å². The van der Waals surface area contributed by atoms with Crippen LogP contribution in [0.25, 0.3) is 0 Å². The first-order chi connectivity index (χ1) is 6.10. The fraction of sp³-hybridized carbons (Fsp3) is 0.444. The van der Waals surface area contributed by atoms with Gasteiger partial charge < -0.3 is 4.74 Å². The molecule has 0 aliphatic rings. The molecule has 0 atom stereocenters. The van der Waals surface area contributed by atoms with Crippen molar-refractivity contribution in [2.24, 2.45) is 5.90 Å². The summed E-state index contributed by atoms with van der Waals surface area (Å²) in [6, 6.07) is 3.65. The van der Waals surface area contributed by atoms with Gasteiger partial charge in [-0.15, -0.1) is 0 Å². The van der Waals surface area contributed by atoms with Crippen molar-refractivity contribution >= 4 is 0 Å². The Morgan fingerprint density at radius 2 is 2.08 bits per heavy atom. The highest BCUT2D eigenvalue weighted by atomic mass is 16.6. The van der Waals surface area contributed by atoms with E-state index >= 15 is 0 Å². The summed E-state index contributed by atoms with van der Waals surface area (Å²) in [6.45, 7) is 3.74. The number of aromatic nitrogens is 1. The van der Waals surface area contributed by atoms with Crippen molar-refractivity contribution in [3.05, 3.63) is 23.9 Å². The molecule has 13 heavy (non-hydrogen) atoms. The Balaban J connectivity index is 2.92. The molecule has 1 heterocycles. The lowest BCUT2D eigenvalue weighted by molar-refractivity contribution is -0.0238. The van der Waals surface area contributed by atoms with Crippen LogP contribution in [0.5, 0.6) is 5.88 Å². The Labute approximate surface area is 77.6 Å². The standard InChI is InChI=1S/C9H14N2O2/c1-9(2,13-10)7-4-5-8(12-3)11-6-7/h4-6H,10H2,1-3H3. The number of rotatable bonds is 3. The van der Waals surface area contributed by atoms with Crippen molar-refractivity contribution in [3.8, 4) is 5.88 Å². The minimum absolute atomic E-state index is 0.515. The van der Waals surface area contributed by atoms with E-state index in [1.54, 1.807) is 19.4 Å². The van der Waals surface area contributed by atoms with Crippen LogP contribution >= 0.6 is 0 Å². The van der Waals surface area contributed by atoms with Crippen LogP contribution < -0.4 is 10.6 Å². The SMILES string of the molecule is COc1ccc(C(C)(C)ON)cn1. The largest absolute Gasteiger partial charge is 0.481 e. The van der Waals surface area contributed by atoms with Crippen LogP contribution in [0, 0.1) is 0 Å². The summed E-state index contributed by atoms with van der Waals surface area (Å²) in [5.74, 6) is 5.73. The number of methoxy groups -OCH3 is 1. The summed E-state index contributed by atoms with van der Waals surface area (Å²) in [6.07, 6.45) is 1.69. The summed E-state index contributed by atoms with van der Waals surface area (Å²) in [7, 11) is 1.58. The van der Waals surface area contributed by atoms with E-state index in [4.69, 9.17) is 15.5 Å². The highest BCUT2D eigenvalue weighted by molar-refractivity contribution is 5.22. The monoisotopic (exact) mass is 182 g/mol. The van der Waals surface area contributed by atoms with Gasteiger partial charge in [0, 0.05) is 17.8 Å². The van der Waals surface area contributed by atoms with Gasteiger partial charge in [0.2, 0.25) is 5.88 Å². The third-order valence-corrected chi connectivity index (χ3v) is 1.94. The minimum Gasteiger partial charge on any atom is -0.481 e. The first-order valence-electron chi connectivity index (χ1n) is 3.98. The number of hydrogen-bond donors (Lipinski definition) is 1. The maximum absolute atomic E-state index is 5.15. The summed E-state index contributed by atoms with van der Waals surface area (Å²) in [5, 5.41) is 0. The fourth-order valence-electron chi connectivity index (χ4n) is 0.925. The average Bonchev–Trinajstić information content (AvgIpc) is 2.18. The molecule has 1 aromatic heterocycles. The van der Waals surface area contributed by atoms with Crippen LogP contribution in [0.2, 0.25) is 0 Å². The van der Waals surface area contributed by atoms with E-state index in [0.29, 0.717) is 5.88 Å². The van der Waals surface area contributed by atoms with Gasteiger partial charge >= 0.3 is 0 Å². The molecule has 4 nitrogen and oxygen atoms in total. The summed E-state index contributed by atoms with van der Waals surface area (Å²) < 4.78 is 4.93. The molecule has 0 aliphatic heterocycles. The number of hydrogen-bond acceptors (Lipinski definition) is 4. The second kappa shape index (κ2) is 3.72. The molecule has 0 aliphatic carbocycles. The molecule has 0 saturated heterocycles. The van der Waals surface area contributed by atoms with Crippen LogP contribution in [0.15, 0.2) is 18.3 Å². The van der Waals surface area contributed by atoms with Gasteiger partial charge in [-0.05, 0) is 19.9 Å². The summed E-state index contributed by atoms with van der Waals surface area (Å²) in [4.78, 5) is 8.87. The Hall–Kier alpha value is -1.13. The Morgan fingerprint density at radius 1 is 1.38 bits per heavy atom. The molecular weight excluding hydrogens is 168 g/mol. The van der Waals surface area contributed by atoms with Crippen LogP contribution in [-0.4, -0.2) is 12.1 Å². The van der Waals surface area contributed by atoms with Gasteiger partial charge in [-0.25, -0.2) is 10.9 Å². The predicted octanol–water partition coefficient (Wildman–Crippen LogP) is 1.22. The molecule has 0 amide bonds. The second-order valence-corrected chi connectivity index (χ2v) is 3.22. The van der Waals surface area contributed by atoms with Gasteiger partial charge in [-0.3, -0.25) is 4.84 Å². The molecule has 0 fully saturated rings. The molecule has 2 N–H and O–H groups in total. The summed E-state index contributed by atoms with van der Waals surface area (Å²) >= 11 is 0. The molecule has 72 valence electrons. The smallest absolute Gasteiger partial charge is 0.212 e. The van der Waals surface area contributed by atoms with E-state index in [0.717, 1.165) is 5.56 Å². The Kier molecular flexibility index (Phi) is 2.85. The van der Waals surface area contributed by atoms with Gasteiger partial charge in [0.1, 0.15) is 5.60 Å². The average molecular weight is 182 g/mol. The minimum atomic E-state index is -0.515. The summed E-state index contributed by atoms with van der Waals surface area (Å²) in [5.41, 5.74) is 0.398. The Bertz CT molecular complexity index is 269. The Morgan fingerprint density at radius 3 is 2.46 bits per heavy atom. The lowest BCUT2D eigenvalue weighted by Crippen LogP contribution is -2.25. The highest BCUT2D eigenvalue weighted by Gasteiger charge is 2.20. The molecule has 0 bridgehead atoms. The van der Waals surface area contributed by atoms with E-state index in [2.05, 4.69) is 4.98 Å². The van der Waals surface area contributed by atoms with Crippen LogP contribution in [-0.2, 0) is 10.4 Å². The first-order valence-corrected chi connectivity index (χ1v) is 3.98. The van der Waals surface area contributed by atoms with Gasteiger partial charge in [-0.2, -0.15) is 0 Å². The highest BCUT2D eigenvalue weighted by Crippen LogP contribution is 2.22. The fourth-order valence-corrected chi connectivity index (χ4v) is 0.925. The molecule has 1 rings (SSSR count). The van der Waals surface area contributed by atoms with Gasteiger partial charge in [-0.1, -0.05) is 0 Å². The van der Waals surface area contributed by atoms with E-state index < -0.39 is 5.60 Å². The number of pyridine rings is 1. The van der Waals surface area contributed by atoms with Crippen molar-refractivity contribution in [2.45, 2.75) is 19.4 Å². The zero-order chi connectivity index (χ0) is 9.90. The van der Waals surface area contributed by atoms with Gasteiger partial charge in [0.15, 0.2) is 0 Å². The van der Waals surface area contributed by atoms with E-state index in [9.17, 15) is 0 Å². The maximum atomic E-state index is 5.15. The number of ether oxygens (including phenoxy) is 1. The quantitative estimate of drug-likeness (QED) is 0.714. The van der Waals surface area contributed by atoms with Gasteiger partial charge in [0.25, 0.3) is 0 Å². The molecule has 0 spiro atoms. The lowest BCUT2D eigenvalue weighted by atomic mass is 10.0.